The molecule has 11 heteroatoms. The molecular weight excluding hydrogens is 503 g/mol. The zero-order chi connectivity index (χ0) is 26.9. The molecule has 0 saturated carbocycles. The van der Waals surface area contributed by atoms with E-state index in [1.807, 2.05) is 0 Å². The number of fused-ring (bicyclic) bond motifs is 1. The fourth-order valence-corrected chi connectivity index (χ4v) is 4.21. The Morgan fingerprint density at radius 2 is 1.73 bits per heavy atom. The number of benzene rings is 3. The van der Waals surface area contributed by atoms with E-state index in [-0.39, 0.29) is 40.5 Å². The summed E-state index contributed by atoms with van der Waals surface area (Å²) >= 11 is 0. The van der Waals surface area contributed by atoms with Gasteiger partial charge in [0.05, 0.1) is 23.1 Å². The third kappa shape index (κ3) is 5.26. The smallest absolute Gasteiger partial charge is 0.335 e. The van der Waals surface area contributed by atoms with Crippen molar-refractivity contribution in [2.75, 3.05) is 24.7 Å². The summed E-state index contributed by atoms with van der Waals surface area (Å²) in [5.41, 5.74) is 1.78. The average molecular weight is 527 g/mol. The summed E-state index contributed by atoms with van der Waals surface area (Å²) in [4.78, 5) is 24.0. The van der Waals surface area contributed by atoms with Gasteiger partial charge in [0.15, 0.2) is 0 Å². The Balaban J connectivity index is 1.86. The molecule has 0 atom stereocenters. The number of ether oxygens (including phenoxy) is 1. The lowest BCUT2D eigenvalue weighted by atomic mass is 10.0. The van der Waals surface area contributed by atoms with E-state index >= 15 is 0 Å². The van der Waals surface area contributed by atoms with E-state index in [0.717, 1.165) is 10.6 Å². The predicted molar refractivity (Wildman–Crippen MR) is 136 cm³/mol. The summed E-state index contributed by atoms with van der Waals surface area (Å²) in [5, 5.41) is 12.0. The molecule has 3 aromatic carbocycles. The Labute approximate surface area is 212 Å². The lowest BCUT2D eigenvalue weighted by Crippen LogP contribution is -2.25. The van der Waals surface area contributed by atoms with Crippen LogP contribution in [0, 0.1) is 5.82 Å². The second-order valence-electron chi connectivity index (χ2n) is 8.23. The van der Waals surface area contributed by atoms with Gasteiger partial charge in [-0.2, -0.15) is 0 Å². The van der Waals surface area contributed by atoms with Crippen molar-refractivity contribution in [3.8, 4) is 17.1 Å². The number of nitrogens with zero attached hydrogens (tertiary/aromatic N) is 1. The lowest BCUT2D eigenvalue weighted by Gasteiger charge is -2.20. The van der Waals surface area contributed by atoms with Crippen LogP contribution < -0.4 is 14.4 Å². The van der Waals surface area contributed by atoms with Gasteiger partial charge in [-0.3, -0.25) is 9.10 Å². The van der Waals surface area contributed by atoms with E-state index in [0.29, 0.717) is 16.5 Å². The van der Waals surface area contributed by atoms with Crippen LogP contribution in [0.15, 0.2) is 65.1 Å². The number of halogens is 1. The first kappa shape index (κ1) is 25.7. The quantitative estimate of drug-likeness (QED) is 0.351. The average Bonchev–Trinajstić information content (AvgIpc) is 3.24. The van der Waals surface area contributed by atoms with Crippen LogP contribution in [-0.4, -0.2) is 45.8 Å². The Bertz CT molecular complexity index is 1590. The first-order valence-electron chi connectivity index (χ1n) is 11.0. The minimum absolute atomic E-state index is 0.00597. The van der Waals surface area contributed by atoms with Crippen LogP contribution in [-0.2, 0) is 16.6 Å². The molecule has 0 unspecified atom stereocenters. The fourth-order valence-electron chi connectivity index (χ4n) is 3.71. The van der Waals surface area contributed by atoms with Crippen molar-refractivity contribution in [2.24, 2.45) is 0 Å². The fraction of sp³-hybridized carbons (Fsp3) is 0.154. The van der Waals surface area contributed by atoms with Crippen LogP contribution in [0.1, 0.15) is 26.3 Å². The van der Waals surface area contributed by atoms with E-state index < -0.39 is 27.7 Å². The Morgan fingerprint density at radius 3 is 2.30 bits per heavy atom. The van der Waals surface area contributed by atoms with Crippen molar-refractivity contribution in [1.82, 2.24) is 5.32 Å². The third-order valence-corrected chi connectivity index (χ3v) is 6.95. The summed E-state index contributed by atoms with van der Waals surface area (Å²) < 4.78 is 51.2. The topological polar surface area (TPSA) is 126 Å². The number of anilines is 1. The van der Waals surface area contributed by atoms with Crippen LogP contribution in [0.5, 0.6) is 5.75 Å². The van der Waals surface area contributed by atoms with E-state index in [1.54, 1.807) is 12.1 Å². The maximum Gasteiger partial charge on any atom is 0.335 e. The molecule has 0 bridgehead atoms. The number of carbonyl (C=O) groups is 2. The highest BCUT2D eigenvalue weighted by molar-refractivity contribution is 7.92. The molecule has 37 heavy (non-hydrogen) atoms. The minimum atomic E-state index is -3.70. The van der Waals surface area contributed by atoms with Crippen molar-refractivity contribution in [3.63, 3.8) is 0 Å². The first-order chi connectivity index (χ1) is 17.5. The molecule has 0 radical (unpaired) electrons. The molecule has 9 nitrogen and oxygen atoms in total. The Morgan fingerprint density at radius 1 is 1.08 bits per heavy atom. The third-order valence-electron chi connectivity index (χ3n) is 5.76. The Hall–Kier alpha value is -4.38. The van der Waals surface area contributed by atoms with Gasteiger partial charge < -0.3 is 19.6 Å². The monoisotopic (exact) mass is 526 g/mol. The van der Waals surface area contributed by atoms with E-state index in [2.05, 4.69) is 5.32 Å². The van der Waals surface area contributed by atoms with E-state index in [4.69, 9.17) is 14.3 Å². The number of amides is 1. The van der Waals surface area contributed by atoms with Crippen LogP contribution in [0.25, 0.3) is 22.3 Å². The predicted octanol–water partition coefficient (Wildman–Crippen LogP) is 4.27. The van der Waals surface area contributed by atoms with Crippen molar-refractivity contribution < 1.29 is 36.7 Å². The summed E-state index contributed by atoms with van der Waals surface area (Å²) in [5.74, 6) is -1.64. The number of furan rings is 1. The molecule has 1 heterocycles. The van der Waals surface area contributed by atoms with Gasteiger partial charge in [0.25, 0.3) is 5.91 Å². The molecule has 0 fully saturated rings. The summed E-state index contributed by atoms with van der Waals surface area (Å²) in [7, 11) is -0.887. The van der Waals surface area contributed by atoms with Gasteiger partial charge in [-0.15, -0.1) is 0 Å². The van der Waals surface area contributed by atoms with Crippen molar-refractivity contribution in [2.45, 2.75) is 6.61 Å². The number of aromatic carboxylic acids is 1. The van der Waals surface area contributed by atoms with Crippen molar-refractivity contribution in [3.05, 3.63) is 83.2 Å². The summed E-state index contributed by atoms with van der Waals surface area (Å²) in [6, 6.07) is 14.4. The summed E-state index contributed by atoms with van der Waals surface area (Å²) in [6.45, 7) is -0.00597. The molecule has 0 aliphatic heterocycles. The number of sulfonamides is 1. The number of rotatable bonds is 8. The largest absolute Gasteiger partial charge is 0.487 e. The number of carbonyl (C=O) groups excluding carboxylic acids is 1. The highest BCUT2D eigenvalue weighted by atomic mass is 32.2. The van der Waals surface area contributed by atoms with Crippen molar-refractivity contribution >= 4 is 38.6 Å². The molecule has 0 aliphatic carbocycles. The second kappa shape index (κ2) is 9.94. The highest BCUT2D eigenvalue weighted by Crippen LogP contribution is 2.41. The lowest BCUT2D eigenvalue weighted by molar-refractivity contribution is 0.0696. The molecule has 0 spiro atoms. The molecule has 192 valence electrons. The molecule has 0 saturated heterocycles. The van der Waals surface area contributed by atoms with Gasteiger partial charge in [-0.25, -0.2) is 17.6 Å². The van der Waals surface area contributed by atoms with Crippen molar-refractivity contribution in [1.29, 1.82) is 0 Å². The van der Waals surface area contributed by atoms with Crippen LogP contribution in [0.4, 0.5) is 10.1 Å². The molecule has 4 aromatic rings. The Kier molecular flexibility index (Phi) is 6.90. The van der Waals surface area contributed by atoms with E-state index in [9.17, 15) is 22.4 Å². The maximum absolute atomic E-state index is 13.5. The van der Waals surface area contributed by atoms with Gasteiger partial charge in [-0.1, -0.05) is 12.1 Å². The van der Waals surface area contributed by atoms with Gasteiger partial charge in [0, 0.05) is 31.1 Å². The number of hydrogen-bond acceptors (Lipinski definition) is 6. The molecule has 2 N–H and O–H groups in total. The van der Waals surface area contributed by atoms with Crippen LogP contribution in [0.3, 0.4) is 0 Å². The highest BCUT2D eigenvalue weighted by Gasteiger charge is 2.26. The number of nitrogens with one attached hydrogen (secondary N) is 1. The maximum atomic E-state index is 13.5. The normalized spacial score (nSPS) is 11.4. The van der Waals surface area contributed by atoms with E-state index in [1.165, 1.54) is 62.6 Å². The second-order valence-corrected chi connectivity index (χ2v) is 10.2. The minimum Gasteiger partial charge on any atom is -0.487 e. The molecule has 4 rings (SSSR count). The van der Waals surface area contributed by atoms with Gasteiger partial charge in [0.2, 0.25) is 10.0 Å². The van der Waals surface area contributed by atoms with Crippen LogP contribution in [0.2, 0.25) is 0 Å². The van der Waals surface area contributed by atoms with Gasteiger partial charge in [0.1, 0.15) is 29.5 Å². The SMILES string of the molecule is CNC(=O)c1c(-c2ccc(F)cc2)oc2cc(N(C)S(C)(=O)=O)c(OCc3ccc(C(=O)O)cc3)cc12. The first-order valence-corrected chi connectivity index (χ1v) is 12.8. The van der Waals surface area contributed by atoms with Gasteiger partial charge in [-0.05, 0) is 48.0 Å². The molecule has 1 amide bonds. The molecule has 1 aromatic heterocycles. The summed E-state index contributed by atoms with van der Waals surface area (Å²) in [6.07, 6.45) is 1.04. The van der Waals surface area contributed by atoms with Crippen LogP contribution >= 0.6 is 0 Å². The zero-order valence-corrected chi connectivity index (χ0v) is 20.9. The molecule has 0 aliphatic rings. The van der Waals surface area contributed by atoms with Gasteiger partial charge >= 0.3 is 5.97 Å². The standard InChI is InChI=1S/C26H23FN2O7S/c1-28-25(30)23-19-12-22(35-14-15-4-6-17(7-5-15)26(31)32)20(29(2)37(3,33)34)13-21(19)36-24(23)16-8-10-18(27)11-9-16/h4-13H,14H2,1-3H3,(H,28,30)(H,31,32). The number of hydrogen-bond donors (Lipinski definition) is 2. The molecular formula is C26H23FN2O7S. The number of carboxylic acid groups (broad SMARTS) is 1. The zero-order valence-electron chi connectivity index (χ0n) is 20.1. The number of carboxylic acids is 1.